The van der Waals surface area contributed by atoms with Gasteiger partial charge in [0.15, 0.2) is 5.78 Å². The lowest BCUT2D eigenvalue weighted by Gasteiger charge is -2.17. The maximum Gasteiger partial charge on any atom is 0.187 e. The molecule has 1 aromatic heterocycles. The minimum atomic E-state index is -0.0540. The number of hydrogen-bond donors (Lipinski definition) is 1. The van der Waals surface area contributed by atoms with Gasteiger partial charge in [-0.3, -0.25) is 4.79 Å². The molecule has 0 aliphatic heterocycles. The predicted molar refractivity (Wildman–Crippen MR) is 111 cm³/mol. The lowest BCUT2D eigenvalue weighted by Crippen LogP contribution is -2.09. The average molecular weight is 372 g/mol. The van der Waals surface area contributed by atoms with Crippen molar-refractivity contribution >= 4 is 32.9 Å². The molecule has 2 aromatic carbocycles. The molecule has 0 saturated heterocycles. The second kappa shape index (κ2) is 7.38. The zero-order chi connectivity index (χ0) is 18.8. The van der Waals surface area contributed by atoms with Crippen molar-refractivity contribution in [2.45, 2.75) is 26.2 Å². The Kier molecular flexibility index (Phi) is 4.79. The Balaban J connectivity index is 1.52. The minimum Gasteiger partial charge on any atom is -0.352 e. The third kappa shape index (κ3) is 3.51. The Morgan fingerprint density at radius 1 is 1.26 bits per heavy atom. The van der Waals surface area contributed by atoms with Gasteiger partial charge in [-0.2, -0.15) is 5.26 Å². The Labute approximate surface area is 163 Å². The zero-order valence-electron chi connectivity index (χ0n) is 15.2. The SMILES string of the molecule is C[C@H]1CCc2c(sc(N/C=C/C(=O)c3ccc4ccccc4c3)c2C#N)C1. The number of nitriles is 1. The first-order chi connectivity index (χ1) is 13.2. The molecule has 1 aliphatic carbocycles. The van der Waals surface area contributed by atoms with Crippen molar-refractivity contribution in [1.29, 1.82) is 5.26 Å². The van der Waals surface area contributed by atoms with Gasteiger partial charge in [-0.15, -0.1) is 11.3 Å². The van der Waals surface area contributed by atoms with Crippen LogP contribution in [0.5, 0.6) is 0 Å². The van der Waals surface area contributed by atoms with Crippen LogP contribution in [0, 0.1) is 17.2 Å². The van der Waals surface area contributed by atoms with Crippen LogP contribution in [0.4, 0.5) is 5.00 Å². The van der Waals surface area contributed by atoms with E-state index in [0.717, 1.165) is 40.6 Å². The number of anilines is 1. The van der Waals surface area contributed by atoms with Gasteiger partial charge in [0.25, 0.3) is 0 Å². The van der Waals surface area contributed by atoms with Crippen molar-refractivity contribution in [2.24, 2.45) is 5.92 Å². The largest absolute Gasteiger partial charge is 0.352 e. The molecule has 3 aromatic rings. The molecular formula is C23H20N2OS. The summed E-state index contributed by atoms with van der Waals surface area (Å²) in [5, 5.41) is 15.7. The molecule has 4 rings (SSSR count). The van der Waals surface area contributed by atoms with Gasteiger partial charge >= 0.3 is 0 Å². The molecule has 134 valence electrons. The molecule has 1 heterocycles. The molecule has 0 saturated carbocycles. The quantitative estimate of drug-likeness (QED) is 0.472. The molecule has 4 heteroatoms. The summed E-state index contributed by atoms with van der Waals surface area (Å²) in [4.78, 5) is 13.8. The first-order valence-electron chi connectivity index (χ1n) is 9.16. The predicted octanol–water partition coefficient (Wildman–Crippen LogP) is 5.71. The smallest absolute Gasteiger partial charge is 0.187 e. The van der Waals surface area contributed by atoms with Crippen molar-refractivity contribution < 1.29 is 4.79 Å². The number of carbonyl (C=O) groups excluding carboxylic acids is 1. The molecule has 1 aliphatic rings. The highest BCUT2D eigenvalue weighted by Crippen LogP contribution is 2.39. The lowest BCUT2D eigenvalue weighted by atomic mass is 9.89. The van der Waals surface area contributed by atoms with Crippen LogP contribution in [0.1, 0.15) is 39.7 Å². The molecule has 0 spiro atoms. The molecular weight excluding hydrogens is 352 g/mol. The Morgan fingerprint density at radius 2 is 2.07 bits per heavy atom. The molecule has 0 fully saturated rings. The van der Waals surface area contributed by atoms with Gasteiger partial charge in [0.2, 0.25) is 0 Å². The van der Waals surface area contributed by atoms with E-state index in [2.05, 4.69) is 18.3 Å². The fourth-order valence-electron chi connectivity index (χ4n) is 3.60. The van der Waals surface area contributed by atoms with Gasteiger partial charge in [0, 0.05) is 22.7 Å². The van der Waals surface area contributed by atoms with E-state index in [9.17, 15) is 10.1 Å². The van der Waals surface area contributed by atoms with Crippen LogP contribution in [-0.4, -0.2) is 5.78 Å². The van der Waals surface area contributed by atoms with Crippen molar-refractivity contribution in [3.8, 4) is 6.07 Å². The Bertz CT molecular complexity index is 1090. The number of allylic oxidation sites excluding steroid dienone is 1. The summed E-state index contributed by atoms with van der Waals surface area (Å²) in [7, 11) is 0. The number of rotatable bonds is 4. The maximum absolute atomic E-state index is 12.5. The minimum absolute atomic E-state index is 0.0540. The summed E-state index contributed by atoms with van der Waals surface area (Å²) in [6, 6.07) is 16.1. The summed E-state index contributed by atoms with van der Waals surface area (Å²) in [5.41, 5.74) is 2.59. The van der Waals surface area contributed by atoms with E-state index in [1.54, 1.807) is 17.5 Å². The highest BCUT2D eigenvalue weighted by molar-refractivity contribution is 7.16. The van der Waals surface area contributed by atoms with E-state index >= 15 is 0 Å². The zero-order valence-corrected chi connectivity index (χ0v) is 16.0. The summed E-state index contributed by atoms with van der Waals surface area (Å²) in [6.07, 6.45) is 6.33. The third-order valence-electron chi connectivity index (χ3n) is 5.11. The fourth-order valence-corrected chi connectivity index (χ4v) is 4.94. The normalized spacial score (nSPS) is 16.2. The highest BCUT2D eigenvalue weighted by Gasteiger charge is 2.23. The summed E-state index contributed by atoms with van der Waals surface area (Å²) < 4.78 is 0. The van der Waals surface area contributed by atoms with Crippen LogP contribution in [0.2, 0.25) is 0 Å². The van der Waals surface area contributed by atoms with Gasteiger partial charge in [0.05, 0.1) is 5.56 Å². The maximum atomic E-state index is 12.5. The highest BCUT2D eigenvalue weighted by atomic mass is 32.1. The van der Waals surface area contributed by atoms with Crippen LogP contribution in [0.3, 0.4) is 0 Å². The summed E-state index contributed by atoms with van der Waals surface area (Å²) in [6.45, 7) is 2.25. The molecule has 0 amide bonds. The van der Waals surface area contributed by atoms with Crippen LogP contribution in [0.25, 0.3) is 10.8 Å². The van der Waals surface area contributed by atoms with E-state index in [1.807, 2.05) is 42.5 Å². The fraction of sp³-hybridized carbons (Fsp3) is 0.217. The van der Waals surface area contributed by atoms with E-state index in [1.165, 1.54) is 16.5 Å². The van der Waals surface area contributed by atoms with Crippen LogP contribution in [0.15, 0.2) is 54.7 Å². The van der Waals surface area contributed by atoms with Crippen molar-refractivity contribution in [1.82, 2.24) is 0 Å². The topological polar surface area (TPSA) is 52.9 Å². The number of nitrogens with one attached hydrogen (secondary N) is 1. The van der Waals surface area contributed by atoms with Gasteiger partial charge in [0.1, 0.15) is 11.1 Å². The Morgan fingerprint density at radius 3 is 2.89 bits per heavy atom. The molecule has 3 nitrogen and oxygen atoms in total. The van der Waals surface area contributed by atoms with Crippen molar-refractivity contribution in [3.63, 3.8) is 0 Å². The van der Waals surface area contributed by atoms with Crippen LogP contribution < -0.4 is 5.32 Å². The molecule has 0 radical (unpaired) electrons. The lowest BCUT2D eigenvalue weighted by molar-refractivity contribution is 0.104. The molecule has 0 unspecified atom stereocenters. The standard InChI is InChI=1S/C23H20N2OS/c1-15-6-9-19-20(14-24)23(27-22(19)12-15)25-11-10-21(26)18-8-7-16-4-2-3-5-17(16)13-18/h2-5,7-8,10-11,13,15,25H,6,9,12H2,1H3/b11-10+/t15-/m0/s1. The molecule has 1 N–H and O–H groups in total. The second-order valence-corrected chi connectivity index (χ2v) is 8.18. The first-order valence-corrected chi connectivity index (χ1v) is 9.98. The monoisotopic (exact) mass is 372 g/mol. The number of ketones is 1. The first kappa shape index (κ1) is 17.5. The number of fused-ring (bicyclic) bond motifs is 2. The summed E-state index contributed by atoms with van der Waals surface area (Å²) in [5.74, 6) is 0.613. The second-order valence-electron chi connectivity index (χ2n) is 7.07. The number of nitrogens with zero attached hydrogens (tertiary/aromatic N) is 1. The van der Waals surface area contributed by atoms with Gasteiger partial charge in [-0.05, 0) is 47.6 Å². The molecule has 1 atom stereocenters. The number of thiophene rings is 1. The number of carbonyl (C=O) groups is 1. The van der Waals surface area contributed by atoms with Gasteiger partial charge < -0.3 is 5.32 Å². The van der Waals surface area contributed by atoms with Crippen molar-refractivity contribution in [2.75, 3.05) is 5.32 Å². The van der Waals surface area contributed by atoms with Gasteiger partial charge in [-0.1, -0.05) is 43.3 Å². The number of hydrogen-bond acceptors (Lipinski definition) is 4. The molecule has 27 heavy (non-hydrogen) atoms. The molecule has 0 bridgehead atoms. The van der Waals surface area contributed by atoms with Crippen molar-refractivity contribution in [3.05, 3.63) is 76.3 Å². The Hall–Kier alpha value is -2.90. The average Bonchev–Trinajstić information content (AvgIpc) is 3.03. The van der Waals surface area contributed by atoms with Crippen LogP contribution in [-0.2, 0) is 12.8 Å². The van der Waals surface area contributed by atoms with E-state index in [-0.39, 0.29) is 5.78 Å². The van der Waals surface area contributed by atoms with E-state index in [4.69, 9.17) is 0 Å². The van der Waals surface area contributed by atoms with Gasteiger partial charge in [-0.25, -0.2) is 0 Å². The summed E-state index contributed by atoms with van der Waals surface area (Å²) >= 11 is 1.64. The van der Waals surface area contributed by atoms with E-state index < -0.39 is 0 Å². The van der Waals surface area contributed by atoms with E-state index in [0.29, 0.717) is 11.5 Å². The van der Waals surface area contributed by atoms with Crippen LogP contribution >= 0.6 is 11.3 Å². The number of benzene rings is 2. The third-order valence-corrected chi connectivity index (χ3v) is 6.29.